The molecule has 0 amide bonds. The van der Waals surface area contributed by atoms with Crippen molar-refractivity contribution in [3.05, 3.63) is 29.8 Å². The molecule has 108 valence electrons. The number of rotatable bonds is 7. The highest BCUT2D eigenvalue weighted by molar-refractivity contribution is 5.55. The first kappa shape index (κ1) is 16.0. The van der Waals surface area contributed by atoms with Gasteiger partial charge < -0.3 is 15.5 Å². The minimum Gasteiger partial charge on any atom is -0.370 e. The molecular formula is C16H29N3. The molecule has 1 atom stereocenters. The first-order valence-corrected chi connectivity index (χ1v) is 7.16. The zero-order valence-corrected chi connectivity index (χ0v) is 13.1. The third-order valence-corrected chi connectivity index (χ3v) is 3.17. The maximum atomic E-state index is 6.10. The van der Waals surface area contributed by atoms with Gasteiger partial charge in [-0.3, -0.25) is 0 Å². The molecule has 2 N–H and O–H groups in total. The third-order valence-electron chi connectivity index (χ3n) is 3.17. The number of para-hydroxylation sites is 1. The highest BCUT2D eigenvalue weighted by atomic mass is 15.2. The second-order valence-corrected chi connectivity index (χ2v) is 5.99. The van der Waals surface area contributed by atoms with Crippen molar-refractivity contribution in [2.45, 2.75) is 26.8 Å². The van der Waals surface area contributed by atoms with Gasteiger partial charge in [-0.15, -0.1) is 0 Å². The smallest absolute Gasteiger partial charge is 0.0415 e. The van der Waals surface area contributed by atoms with Crippen LogP contribution < -0.4 is 10.6 Å². The van der Waals surface area contributed by atoms with Gasteiger partial charge in [-0.05, 0) is 38.6 Å². The summed E-state index contributed by atoms with van der Waals surface area (Å²) in [7, 11) is 4.23. The standard InChI is InChI=1S/C16H29N3/c1-13(2)12-19(11-10-18(4)5)16-9-7-6-8-15(16)14(3)17/h6-9,13-14H,10-12,17H2,1-5H3/t14-/m1/s1. The van der Waals surface area contributed by atoms with Gasteiger partial charge in [0.25, 0.3) is 0 Å². The van der Waals surface area contributed by atoms with Gasteiger partial charge in [-0.2, -0.15) is 0 Å². The fourth-order valence-electron chi connectivity index (χ4n) is 2.23. The van der Waals surface area contributed by atoms with E-state index in [2.05, 4.69) is 68.9 Å². The van der Waals surface area contributed by atoms with Crippen molar-refractivity contribution in [3.63, 3.8) is 0 Å². The second kappa shape index (κ2) is 7.51. The summed E-state index contributed by atoms with van der Waals surface area (Å²) in [5, 5.41) is 0. The van der Waals surface area contributed by atoms with Crippen LogP contribution in [0.25, 0.3) is 0 Å². The molecule has 0 heterocycles. The van der Waals surface area contributed by atoms with Crippen LogP contribution in [-0.4, -0.2) is 38.6 Å². The Morgan fingerprint density at radius 2 is 1.68 bits per heavy atom. The van der Waals surface area contributed by atoms with Crippen molar-refractivity contribution in [1.29, 1.82) is 0 Å². The van der Waals surface area contributed by atoms with Gasteiger partial charge in [0.1, 0.15) is 0 Å². The number of hydrogen-bond acceptors (Lipinski definition) is 3. The Labute approximate surface area is 118 Å². The summed E-state index contributed by atoms with van der Waals surface area (Å²) in [6.07, 6.45) is 0. The van der Waals surface area contributed by atoms with E-state index in [1.54, 1.807) is 0 Å². The molecule has 19 heavy (non-hydrogen) atoms. The summed E-state index contributed by atoms with van der Waals surface area (Å²) in [4.78, 5) is 4.69. The molecule has 0 aliphatic heterocycles. The molecule has 0 aromatic heterocycles. The van der Waals surface area contributed by atoms with E-state index < -0.39 is 0 Å². The largest absolute Gasteiger partial charge is 0.370 e. The topological polar surface area (TPSA) is 32.5 Å². The number of hydrogen-bond donors (Lipinski definition) is 1. The third kappa shape index (κ3) is 5.21. The van der Waals surface area contributed by atoms with Crippen molar-refractivity contribution in [2.75, 3.05) is 38.6 Å². The van der Waals surface area contributed by atoms with Crippen molar-refractivity contribution in [1.82, 2.24) is 4.90 Å². The molecular weight excluding hydrogens is 234 g/mol. The van der Waals surface area contributed by atoms with Crippen LogP contribution in [0.5, 0.6) is 0 Å². The predicted octanol–water partition coefficient (Wildman–Crippen LogP) is 2.73. The molecule has 0 spiro atoms. The Balaban J connectivity index is 2.95. The van der Waals surface area contributed by atoms with Gasteiger partial charge in [-0.1, -0.05) is 32.0 Å². The maximum absolute atomic E-state index is 6.10. The van der Waals surface area contributed by atoms with Gasteiger partial charge in [0.2, 0.25) is 0 Å². The zero-order valence-electron chi connectivity index (χ0n) is 13.1. The van der Waals surface area contributed by atoms with Gasteiger partial charge in [0.05, 0.1) is 0 Å². The number of likely N-dealkylation sites (N-methyl/N-ethyl adjacent to an activating group) is 1. The van der Waals surface area contributed by atoms with E-state index in [9.17, 15) is 0 Å². The molecule has 0 saturated heterocycles. The highest BCUT2D eigenvalue weighted by Crippen LogP contribution is 2.25. The van der Waals surface area contributed by atoms with Crippen LogP contribution in [0.1, 0.15) is 32.4 Å². The van der Waals surface area contributed by atoms with Gasteiger partial charge in [0, 0.05) is 31.4 Å². The first-order valence-electron chi connectivity index (χ1n) is 7.16. The van der Waals surface area contributed by atoms with E-state index in [0.717, 1.165) is 19.6 Å². The lowest BCUT2D eigenvalue weighted by Gasteiger charge is -2.30. The van der Waals surface area contributed by atoms with Gasteiger partial charge in [-0.25, -0.2) is 0 Å². The minimum atomic E-state index is 0.0743. The minimum absolute atomic E-state index is 0.0743. The first-order chi connectivity index (χ1) is 8.91. The van der Waals surface area contributed by atoms with Crippen LogP contribution in [-0.2, 0) is 0 Å². The second-order valence-electron chi connectivity index (χ2n) is 5.99. The van der Waals surface area contributed by atoms with Crippen molar-refractivity contribution in [2.24, 2.45) is 11.7 Å². The van der Waals surface area contributed by atoms with Crippen LogP contribution in [0.15, 0.2) is 24.3 Å². The van der Waals surface area contributed by atoms with E-state index >= 15 is 0 Å². The van der Waals surface area contributed by atoms with Crippen LogP contribution in [0, 0.1) is 5.92 Å². The van der Waals surface area contributed by atoms with Crippen LogP contribution in [0.3, 0.4) is 0 Å². The molecule has 3 heteroatoms. The fraction of sp³-hybridized carbons (Fsp3) is 0.625. The fourth-order valence-corrected chi connectivity index (χ4v) is 2.23. The van der Waals surface area contributed by atoms with E-state index in [1.807, 2.05) is 0 Å². The summed E-state index contributed by atoms with van der Waals surface area (Å²) in [6, 6.07) is 8.58. The molecule has 0 aliphatic carbocycles. The molecule has 0 bridgehead atoms. The number of nitrogens with two attached hydrogens (primary N) is 1. The average molecular weight is 263 g/mol. The maximum Gasteiger partial charge on any atom is 0.0415 e. The lowest BCUT2D eigenvalue weighted by Crippen LogP contribution is -2.35. The lowest BCUT2D eigenvalue weighted by atomic mass is 10.0. The van der Waals surface area contributed by atoms with Gasteiger partial charge >= 0.3 is 0 Å². The molecule has 0 unspecified atom stereocenters. The van der Waals surface area contributed by atoms with Crippen molar-refractivity contribution >= 4 is 5.69 Å². The van der Waals surface area contributed by atoms with E-state index in [1.165, 1.54) is 11.3 Å². The molecule has 1 rings (SSSR count). The Hall–Kier alpha value is -1.06. The Morgan fingerprint density at radius 3 is 2.21 bits per heavy atom. The summed E-state index contributed by atoms with van der Waals surface area (Å²) in [5.74, 6) is 0.642. The Kier molecular flexibility index (Phi) is 6.32. The quantitative estimate of drug-likeness (QED) is 0.821. The SMILES string of the molecule is CC(C)CN(CCN(C)C)c1ccccc1[C@@H](C)N. The Morgan fingerprint density at radius 1 is 1.05 bits per heavy atom. The number of anilines is 1. The molecule has 1 aromatic rings. The average Bonchev–Trinajstić information content (AvgIpc) is 2.33. The summed E-state index contributed by atoms with van der Waals surface area (Å²) >= 11 is 0. The molecule has 0 radical (unpaired) electrons. The summed E-state index contributed by atoms with van der Waals surface area (Å²) < 4.78 is 0. The van der Waals surface area contributed by atoms with Crippen LogP contribution in [0.4, 0.5) is 5.69 Å². The van der Waals surface area contributed by atoms with Crippen LogP contribution >= 0.6 is 0 Å². The zero-order chi connectivity index (χ0) is 14.4. The monoisotopic (exact) mass is 263 g/mol. The summed E-state index contributed by atoms with van der Waals surface area (Å²) in [6.45, 7) is 9.74. The summed E-state index contributed by atoms with van der Waals surface area (Å²) in [5.41, 5.74) is 8.63. The lowest BCUT2D eigenvalue weighted by molar-refractivity contribution is 0.408. The van der Waals surface area contributed by atoms with Crippen molar-refractivity contribution in [3.8, 4) is 0 Å². The normalized spacial score (nSPS) is 13.1. The molecule has 3 nitrogen and oxygen atoms in total. The number of benzene rings is 1. The predicted molar refractivity (Wildman–Crippen MR) is 84.6 cm³/mol. The molecule has 0 fully saturated rings. The Bertz CT molecular complexity index is 372. The molecule has 0 aliphatic rings. The van der Waals surface area contributed by atoms with E-state index in [0.29, 0.717) is 5.92 Å². The van der Waals surface area contributed by atoms with E-state index in [4.69, 9.17) is 5.73 Å². The van der Waals surface area contributed by atoms with E-state index in [-0.39, 0.29) is 6.04 Å². The van der Waals surface area contributed by atoms with Gasteiger partial charge in [0.15, 0.2) is 0 Å². The number of nitrogens with zero attached hydrogens (tertiary/aromatic N) is 2. The van der Waals surface area contributed by atoms with Crippen molar-refractivity contribution < 1.29 is 0 Å². The highest BCUT2D eigenvalue weighted by Gasteiger charge is 2.14. The molecule has 1 aromatic carbocycles. The molecule has 0 saturated carbocycles. The van der Waals surface area contributed by atoms with Crippen LogP contribution in [0.2, 0.25) is 0 Å².